The van der Waals surface area contributed by atoms with Crippen molar-refractivity contribution in [2.24, 2.45) is 11.8 Å². The number of hydrogen-bond donors (Lipinski definition) is 2. The fourth-order valence-electron chi connectivity index (χ4n) is 3.35. The third-order valence-corrected chi connectivity index (χ3v) is 5.57. The predicted octanol–water partition coefficient (Wildman–Crippen LogP) is 2.34. The minimum Gasteiger partial charge on any atom is -0.387 e. The van der Waals surface area contributed by atoms with E-state index in [-0.39, 0.29) is 29.0 Å². The molecular weight excluding hydrogens is 351 g/mol. The SMILES string of the molecule is C[C@@H]1CN(C(=O)CNC(=O)c2cc(Cl)ccc2Cl)C[C@@]1(O)C1CC1. The van der Waals surface area contributed by atoms with Crippen LogP contribution in [0.25, 0.3) is 0 Å². The van der Waals surface area contributed by atoms with Gasteiger partial charge in [0.1, 0.15) is 0 Å². The van der Waals surface area contributed by atoms with Gasteiger partial charge in [-0.25, -0.2) is 0 Å². The second kappa shape index (κ2) is 6.54. The molecule has 5 nitrogen and oxygen atoms in total. The molecule has 24 heavy (non-hydrogen) atoms. The van der Waals surface area contributed by atoms with Crippen LogP contribution in [0.4, 0.5) is 0 Å². The number of amides is 2. The molecule has 2 fully saturated rings. The van der Waals surface area contributed by atoms with Crippen LogP contribution in [0.2, 0.25) is 10.0 Å². The van der Waals surface area contributed by atoms with E-state index >= 15 is 0 Å². The Bertz CT molecular complexity index is 678. The molecule has 0 aromatic heterocycles. The smallest absolute Gasteiger partial charge is 0.253 e. The number of nitrogens with one attached hydrogen (secondary N) is 1. The Balaban J connectivity index is 1.58. The highest BCUT2D eigenvalue weighted by molar-refractivity contribution is 6.35. The van der Waals surface area contributed by atoms with Crippen LogP contribution in [-0.2, 0) is 4.79 Å². The highest BCUT2D eigenvalue weighted by Crippen LogP contribution is 2.46. The van der Waals surface area contributed by atoms with Gasteiger partial charge in [-0.1, -0.05) is 30.1 Å². The number of aliphatic hydroxyl groups is 1. The van der Waals surface area contributed by atoms with Crippen molar-refractivity contribution in [2.45, 2.75) is 25.4 Å². The van der Waals surface area contributed by atoms with Gasteiger partial charge in [0.15, 0.2) is 0 Å². The molecule has 2 aliphatic rings. The van der Waals surface area contributed by atoms with Crippen LogP contribution in [0.3, 0.4) is 0 Å². The molecule has 1 aromatic rings. The first-order chi connectivity index (χ1) is 11.3. The summed E-state index contributed by atoms with van der Waals surface area (Å²) < 4.78 is 0. The van der Waals surface area contributed by atoms with Crippen molar-refractivity contribution in [3.63, 3.8) is 0 Å². The van der Waals surface area contributed by atoms with Crippen LogP contribution in [-0.4, -0.2) is 47.1 Å². The van der Waals surface area contributed by atoms with Gasteiger partial charge in [-0.3, -0.25) is 9.59 Å². The summed E-state index contributed by atoms with van der Waals surface area (Å²) in [6, 6.07) is 4.60. The van der Waals surface area contributed by atoms with Crippen LogP contribution in [0.15, 0.2) is 18.2 Å². The standard InChI is InChI=1S/C17H20Cl2N2O3/c1-10-8-21(9-17(10,24)11-2-3-11)15(22)7-20-16(23)13-6-12(18)4-5-14(13)19/h4-6,10-11,24H,2-3,7-9H2,1H3,(H,20,23)/t10-,17+/m1/s1. The second-order valence-corrected chi connectivity index (χ2v) is 7.59. The van der Waals surface area contributed by atoms with Gasteiger partial charge in [-0.2, -0.15) is 0 Å². The first kappa shape index (κ1) is 17.5. The molecule has 0 bridgehead atoms. The predicted molar refractivity (Wildman–Crippen MR) is 92.2 cm³/mol. The summed E-state index contributed by atoms with van der Waals surface area (Å²) in [6.45, 7) is 2.69. The molecule has 1 aromatic carbocycles. The van der Waals surface area contributed by atoms with Gasteiger partial charge in [0, 0.05) is 17.5 Å². The second-order valence-electron chi connectivity index (χ2n) is 6.75. The van der Waals surface area contributed by atoms with Gasteiger partial charge in [-0.15, -0.1) is 0 Å². The Morgan fingerprint density at radius 2 is 2.08 bits per heavy atom. The van der Waals surface area contributed by atoms with E-state index in [9.17, 15) is 14.7 Å². The van der Waals surface area contributed by atoms with E-state index in [1.165, 1.54) is 6.07 Å². The fraction of sp³-hybridized carbons (Fsp3) is 0.529. The van der Waals surface area contributed by atoms with E-state index in [0.717, 1.165) is 12.8 Å². The highest BCUT2D eigenvalue weighted by Gasteiger charge is 2.53. The summed E-state index contributed by atoms with van der Waals surface area (Å²) in [5.41, 5.74) is -0.545. The lowest BCUT2D eigenvalue weighted by molar-refractivity contribution is -0.130. The number of carbonyl (C=O) groups excluding carboxylic acids is 2. The zero-order chi connectivity index (χ0) is 17.5. The Morgan fingerprint density at radius 3 is 2.75 bits per heavy atom. The van der Waals surface area contributed by atoms with Crippen molar-refractivity contribution in [1.29, 1.82) is 0 Å². The topological polar surface area (TPSA) is 69.6 Å². The van der Waals surface area contributed by atoms with Crippen LogP contribution in [0.5, 0.6) is 0 Å². The summed E-state index contributed by atoms with van der Waals surface area (Å²) in [5, 5.41) is 14.0. The van der Waals surface area contributed by atoms with Gasteiger partial charge in [-0.05, 0) is 37.0 Å². The van der Waals surface area contributed by atoms with Gasteiger partial charge in [0.05, 0.1) is 29.3 Å². The van der Waals surface area contributed by atoms with E-state index in [1.54, 1.807) is 17.0 Å². The molecule has 2 atom stereocenters. The molecule has 3 rings (SSSR count). The van der Waals surface area contributed by atoms with Crippen LogP contribution in [0.1, 0.15) is 30.1 Å². The first-order valence-electron chi connectivity index (χ1n) is 8.04. The van der Waals surface area contributed by atoms with E-state index in [2.05, 4.69) is 5.32 Å². The molecule has 130 valence electrons. The maximum absolute atomic E-state index is 12.4. The number of halogens is 2. The normalized spacial score (nSPS) is 26.5. The summed E-state index contributed by atoms with van der Waals surface area (Å²) in [4.78, 5) is 26.2. The molecule has 1 saturated heterocycles. The number of hydrogen-bond acceptors (Lipinski definition) is 3. The molecule has 1 aliphatic carbocycles. The molecule has 0 unspecified atom stereocenters. The third-order valence-electron chi connectivity index (χ3n) is 5.00. The first-order valence-corrected chi connectivity index (χ1v) is 8.80. The Hall–Kier alpha value is -1.30. The molecule has 2 N–H and O–H groups in total. The molecule has 0 radical (unpaired) electrons. The Kier molecular flexibility index (Phi) is 4.78. The quantitative estimate of drug-likeness (QED) is 0.854. The highest BCUT2D eigenvalue weighted by atomic mass is 35.5. The van der Waals surface area contributed by atoms with Gasteiger partial charge < -0.3 is 15.3 Å². The monoisotopic (exact) mass is 370 g/mol. The largest absolute Gasteiger partial charge is 0.387 e. The zero-order valence-corrected chi connectivity index (χ0v) is 14.9. The average Bonchev–Trinajstić information content (AvgIpc) is 3.34. The summed E-state index contributed by atoms with van der Waals surface area (Å²) in [7, 11) is 0. The number of rotatable bonds is 4. The zero-order valence-electron chi connectivity index (χ0n) is 13.4. The molecule has 1 aliphatic heterocycles. The number of benzene rings is 1. The van der Waals surface area contributed by atoms with Gasteiger partial charge in [0.25, 0.3) is 5.91 Å². The summed E-state index contributed by atoms with van der Waals surface area (Å²) in [6.07, 6.45) is 2.04. The third kappa shape index (κ3) is 3.39. The van der Waals surface area contributed by atoms with Crippen molar-refractivity contribution in [1.82, 2.24) is 10.2 Å². The fourth-order valence-corrected chi connectivity index (χ4v) is 3.73. The minimum atomic E-state index is -0.782. The van der Waals surface area contributed by atoms with E-state index in [4.69, 9.17) is 23.2 Å². The lowest BCUT2D eigenvalue weighted by Gasteiger charge is -2.26. The maximum Gasteiger partial charge on any atom is 0.253 e. The van der Waals surface area contributed by atoms with Crippen LogP contribution >= 0.6 is 23.2 Å². The van der Waals surface area contributed by atoms with Gasteiger partial charge in [0.2, 0.25) is 5.91 Å². The van der Waals surface area contributed by atoms with Crippen molar-refractivity contribution < 1.29 is 14.7 Å². The van der Waals surface area contributed by atoms with E-state index in [1.807, 2.05) is 6.92 Å². The summed E-state index contributed by atoms with van der Waals surface area (Å²) in [5.74, 6) is -0.303. The van der Waals surface area contributed by atoms with Crippen molar-refractivity contribution in [3.05, 3.63) is 33.8 Å². The summed E-state index contributed by atoms with van der Waals surface area (Å²) >= 11 is 11.9. The number of nitrogens with zero attached hydrogens (tertiary/aromatic N) is 1. The number of β-amino-alcohol motifs (C(OH)–C–C–N with tert-alkyl or cyclic N) is 1. The lowest BCUT2D eigenvalue weighted by Crippen LogP contribution is -2.43. The average molecular weight is 371 g/mol. The Morgan fingerprint density at radius 1 is 1.38 bits per heavy atom. The van der Waals surface area contributed by atoms with Crippen molar-refractivity contribution in [2.75, 3.05) is 19.6 Å². The maximum atomic E-state index is 12.4. The van der Waals surface area contributed by atoms with E-state index < -0.39 is 11.5 Å². The van der Waals surface area contributed by atoms with Gasteiger partial charge >= 0.3 is 0 Å². The number of carbonyl (C=O) groups is 2. The number of likely N-dealkylation sites (tertiary alicyclic amines) is 1. The minimum absolute atomic E-state index is 0.0482. The van der Waals surface area contributed by atoms with Crippen molar-refractivity contribution >= 4 is 35.0 Å². The van der Waals surface area contributed by atoms with Crippen LogP contribution < -0.4 is 5.32 Å². The lowest BCUT2D eigenvalue weighted by atomic mass is 9.88. The molecule has 1 heterocycles. The molecule has 1 saturated carbocycles. The molecule has 7 heteroatoms. The van der Waals surface area contributed by atoms with E-state index in [0.29, 0.717) is 24.0 Å². The van der Waals surface area contributed by atoms with Crippen LogP contribution in [0, 0.1) is 11.8 Å². The molecule has 2 amide bonds. The molecular formula is C17H20Cl2N2O3. The van der Waals surface area contributed by atoms with Crippen molar-refractivity contribution in [3.8, 4) is 0 Å². The Labute approximate surface area is 150 Å². The molecule has 0 spiro atoms.